The minimum Gasteiger partial charge on any atom is -0.271 e. The highest BCUT2D eigenvalue weighted by Crippen LogP contribution is 2.15. The molecule has 0 heterocycles. The van der Waals surface area contributed by atoms with Crippen LogP contribution in [0.15, 0.2) is 0 Å². The first-order valence-electron chi connectivity index (χ1n) is 12.4. The number of hydrogen-bond acceptors (Lipinski definition) is 3. The Morgan fingerprint density at radius 2 is 0.821 bits per heavy atom. The van der Waals surface area contributed by atoms with Gasteiger partial charge in [-0.25, -0.2) is 5.84 Å². The maximum atomic E-state index is 11.1. The number of carbonyl (C=O) groups is 1. The zero-order valence-electron chi connectivity index (χ0n) is 18.9. The second kappa shape index (κ2) is 22.7. The molecule has 0 spiro atoms. The van der Waals surface area contributed by atoms with Gasteiger partial charge in [-0.15, -0.1) is 0 Å². The molecular formula is C24H50N2O2. The Hall–Kier alpha value is -0.610. The fraction of sp³-hybridized carbons (Fsp3) is 0.958. The lowest BCUT2D eigenvalue weighted by Crippen LogP contribution is -2.33. The van der Waals surface area contributed by atoms with Gasteiger partial charge in [-0.3, -0.25) is 10.0 Å². The van der Waals surface area contributed by atoms with Crippen LogP contribution in [0, 0.1) is 0 Å². The molecular weight excluding hydrogens is 348 g/mol. The van der Waals surface area contributed by atoms with Crippen LogP contribution in [0.1, 0.15) is 148 Å². The molecule has 28 heavy (non-hydrogen) atoms. The Labute approximate surface area is 175 Å². The number of hydroxylamine groups is 1. The molecule has 0 aliphatic heterocycles. The number of nitrogens with zero attached hydrogens (tertiary/aromatic N) is 1. The predicted octanol–water partition coefficient (Wildman–Crippen LogP) is 7.68. The molecule has 168 valence electrons. The average molecular weight is 399 g/mol. The molecule has 0 aromatic heterocycles. The van der Waals surface area contributed by atoms with E-state index in [2.05, 4.69) is 6.92 Å². The Morgan fingerprint density at radius 3 is 1.07 bits per heavy atom. The van der Waals surface area contributed by atoms with E-state index in [1.807, 2.05) is 0 Å². The lowest BCUT2D eigenvalue weighted by atomic mass is 10.0. The van der Waals surface area contributed by atoms with Gasteiger partial charge in [-0.05, 0) is 6.42 Å². The van der Waals surface area contributed by atoms with Gasteiger partial charge in [0.1, 0.15) is 0 Å². The molecule has 0 aromatic rings. The number of rotatable bonds is 22. The van der Waals surface area contributed by atoms with E-state index in [9.17, 15) is 4.79 Å². The van der Waals surface area contributed by atoms with Crippen LogP contribution in [0.3, 0.4) is 0 Å². The van der Waals surface area contributed by atoms with Gasteiger partial charge in [-0.2, -0.15) is 5.17 Å². The van der Waals surface area contributed by atoms with Gasteiger partial charge in [0.2, 0.25) is 0 Å². The largest absolute Gasteiger partial charge is 0.271 e. The zero-order chi connectivity index (χ0) is 20.7. The molecule has 0 aromatic carbocycles. The van der Waals surface area contributed by atoms with E-state index >= 15 is 0 Å². The van der Waals surface area contributed by atoms with Crippen molar-refractivity contribution >= 4 is 5.91 Å². The van der Waals surface area contributed by atoms with Crippen LogP contribution in [0.2, 0.25) is 0 Å². The van der Waals surface area contributed by atoms with Crippen molar-refractivity contribution in [2.24, 2.45) is 5.84 Å². The number of hydrazine groups is 1. The monoisotopic (exact) mass is 398 g/mol. The van der Waals surface area contributed by atoms with E-state index in [1.54, 1.807) is 0 Å². The number of carbonyl (C=O) groups excluding carboxylic acids is 1. The molecule has 0 aliphatic carbocycles. The fourth-order valence-electron chi connectivity index (χ4n) is 3.82. The lowest BCUT2D eigenvalue weighted by molar-refractivity contribution is -0.166. The molecule has 0 atom stereocenters. The van der Waals surface area contributed by atoms with E-state index in [0.29, 0.717) is 6.42 Å². The Morgan fingerprint density at radius 1 is 0.571 bits per heavy atom. The molecule has 0 radical (unpaired) electrons. The molecule has 0 aliphatic rings. The van der Waals surface area contributed by atoms with E-state index < -0.39 is 5.91 Å². The fourth-order valence-corrected chi connectivity index (χ4v) is 3.82. The van der Waals surface area contributed by atoms with Crippen molar-refractivity contribution in [1.82, 2.24) is 5.17 Å². The van der Waals surface area contributed by atoms with Crippen LogP contribution in [-0.2, 0) is 4.79 Å². The normalized spacial score (nSPS) is 11.1. The minimum atomic E-state index is -0.391. The topological polar surface area (TPSA) is 66.6 Å². The SMILES string of the molecule is CCCCCCCCCCCCCCCCCCCCCCCC(=O)N(N)O. The van der Waals surface area contributed by atoms with Crippen molar-refractivity contribution in [3.05, 3.63) is 0 Å². The van der Waals surface area contributed by atoms with Crippen LogP contribution in [0.5, 0.6) is 0 Å². The number of amides is 1. The standard InChI is InChI=1S/C24H50N2O2/c1-2-3-4-5-6-7-8-9-10-11-12-13-14-15-16-17-18-19-20-21-22-23-24(27)26(25)28/h28H,2-23,25H2,1H3. The van der Waals surface area contributed by atoms with E-state index in [4.69, 9.17) is 11.0 Å². The van der Waals surface area contributed by atoms with Gasteiger partial charge >= 0.3 is 0 Å². The van der Waals surface area contributed by atoms with Crippen molar-refractivity contribution in [2.75, 3.05) is 0 Å². The highest BCUT2D eigenvalue weighted by Gasteiger charge is 2.04. The van der Waals surface area contributed by atoms with Crippen molar-refractivity contribution in [1.29, 1.82) is 0 Å². The summed E-state index contributed by atoms with van der Waals surface area (Å²) < 4.78 is 0. The molecule has 0 rings (SSSR count). The highest BCUT2D eigenvalue weighted by molar-refractivity contribution is 5.74. The van der Waals surface area contributed by atoms with Crippen LogP contribution < -0.4 is 5.84 Å². The van der Waals surface area contributed by atoms with Gasteiger partial charge in [0.25, 0.3) is 5.91 Å². The van der Waals surface area contributed by atoms with Crippen LogP contribution in [0.25, 0.3) is 0 Å². The Bertz CT molecular complexity index is 322. The van der Waals surface area contributed by atoms with E-state index in [1.165, 1.54) is 122 Å². The Kier molecular flexibility index (Phi) is 22.2. The molecule has 3 N–H and O–H groups in total. The van der Waals surface area contributed by atoms with Gasteiger partial charge in [0.15, 0.2) is 0 Å². The first kappa shape index (κ1) is 27.4. The second-order valence-corrected chi connectivity index (χ2v) is 8.56. The predicted molar refractivity (Wildman–Crippen MR) is 120 cm³/mol. The van der Waals surface area contributed by atoms with Crippen LogP contribution in [0.4, 0.5) is 0 Å². The second-order valence-electron chi connectivity index (χ2n) is 8.56. The molecule has 0 fully saturated rings. The van der Waals surface area contributed by atoms with Crippen LogP contribution in [-0.4, -0.2) is 16.3 Å². The Balaban J connectivity index is 3.04. The average Bonchev–Trinajstić information content (AvgIpc) is 2.68. The van der Waals surface area contributed by atoms with Crippen molar-refractivity contribution in [3.63, 3.8) is 0 Å². The van der Waals surface area contributed by atoms with Crippen molar-refractivity contribution in [3.8, 4) is 0 Å². The third-order valence-electron chi connectivity index (χ3n) is 5.75. The molecule has 0 bridgehead atoms. The zero-order valence-corrected chi connectivity index (χ0v) is 18.9. The quantitative estimate of drug-likeness (QED) is 0.0646. The van der Waals surface area contributed by atoms with Crippen molar-refractivity contribution < 1.29 is 10.0 Å². The summed E-state index contributed by atoms with van der Waals surface area (Å²) >= 11 is 0. The minimum absolute atomic E-state index is 0.205. The first-order valence-corrected chi connectivity index (χ1v) is 12.4. The number of unbranched alkanes of at least 4 members (excludes halogenated alkanes) is 20. The van der Waals surface area contributed by atoms with Gasteiger partial charge in [0, 0.05) is 6.42 Å². The summed E-state index contributed by atoms with van der Waals surface area (Å²) in [7, 11) is 0. The molecule has 0 saturated carbocycles. The maximum absolute atomic E-state index is 11.1. The highest BCUT2D eigenvalue weighted by atomic mass is 16.5. The van der Waals surface area contributed by atoms with Gasteiger partial charge < -0.3 is 0 Å². The smallest absolute Gasteiger partial charge is 0.260 e. The molecule has 4 heteroatoms. The molecule has 1 amide bonds. The van der Waals surface area contributed by atoms with Gasteiger partial charge in [-0.1, -0.05) is 135 Å². The number of nitrogens with two attached hydrogens (primary N) is 1. The molecule has 4 nitrogen and oxygen atoms in total. The summed E-state index contributed by atoms with van der Waals surface area (Å²) in [4.78, 5) is 11.1. The molecule has 0 unspecified atom stereocenters. The molecule has 0 saturated heterocycles. The maximum Gasteiger partial charge on any atom is 0.260 e. The lowest BCUT2D eigenvalue weighted by Gasteiger charge is -2.07. The van der Waals surface area contributed by atoms with E-state index in [-0.39, 0.29) is 5.17 Å². The summed E-state index contributed by atoms with van der Waals surface area (Å²) in [6, 6.07) is 0. The third kappa shape index (κ3) is 21.7. The first-order chi connectivity index (χ1) is 13.7. The summed E-state index contributed by atoms with van der Waals surface area (Å²) in [6.45, 7) is 2.28. The van der Waals surface area contributed by atoms with Gasteiger partial charge in [0.05, 0.1) is 0 Å². The summed E-state index contributed by atoms with van der Waals surface area (Å²) in [5.74, 6) is 4.57. The van der Waals surface area contributed by atoms with E-state index in [0.717, 1.165) is 12.8 Å². The van der Waals surface area contributed by atoms with Crippen LogP contribution >= 0.6 is 0 Å². The summed E-state index contributed by atoms with van der Waals surface area (Å²) in [5, 5.41) is 8.95. The summed E-state index contributed by atoms with van der Waals surface area (Å²) in [5.41, 5.74) is 0. The van der Waals surface area contributed by atoms with Crippen molar-refractivity contribution in [2.45, 2.75) is 148 Å². The summed E-state index contributed by atoms with van der Waals surface area (Å²) in [6.07, 6.45) is 28.8. The number of hydrogen-bond donors (Lipinski definition) is 2. The third-order valence-corrected chi connectivity index (χ3v) is 5.75.